The molecule has 0 amide bonds. The summed E-state index contributed by atoms with van der Waals surface area (Å²) in [5.74, 6) is 1.39. The van der Waals surface area contributed by atoms with Crippen molar-refractivity contribution in [2.75, 3.05) is 20.2 Å². The molecule has 1 fully saturated rings. The van der Waals surface area contributed by atoms with Gasteiger partial charge >= 0.3 is 0 Å². The summed E-state index contributed by atoms with van der Waals surface area (Å²) in [5, 5.41) is 0. The number of benzene rings is 2. The van der Waals surface area contributed by atoms with Gasteiger partial charge in [0.1, 0.15) is 6.10 Å². The highest BCUT2D eigenvalue weighted by Crippen LogP contribution is 2.30. The van der Waals surface area contributed by atoms with Gasteiger partial charge in [0.05, 0.1) is 12.0 Å². The molecule has 0 unspecified atom stereocenters. The monoisotopic (exact) mass is 361 g/mol. The Balaban J connectivity index is 1.64. The van der Waals surface area contributed by atoms with E-state index in [-0.39, 0.29) is 6.10 Å². The van der Waals surface area contributed by atoms with Gasteiger partial charge in [0.25, 0.3) is 0 Å². The number of hydrogen-bond acceptors (Lipinski definition) is 4. The molecule has 25 heavy (non-hydrogen) atoms. The Labute approximate surface area is 149 Å². The Morgan fingerprint density at radius 1 is 0.960 bits per heavy atom. The number of rotatable bonds is 5. The lowest BCUT2D eigenvalue weighted by molar-refractivity contribution is 0.131. The average Bonchev–Trinajstić information content (AvgIpc) is 2.63. The Morgan fingerprint density at radius 3 is 2.16 bits per heavy atom. The number of piperidine rings is 1. The summed E-state index contributed by atoms with van der Waals surface area (Å²) in [6.45, 7) is 2.85. The van der Waals surface area contributed by atoms with Gasteiger partial charge in [-0.05, 0) is 44.0 Å². The van der Waals surface area contributed by atoms with Crippen LogP contribution < -0.4 is 9.47 Å². The highest BCUT2D eigenvalue weighted by atomic mass is 32.2. The predicted molar refractivity (Wildman–Crippen MR) is 96.6 cm³/mol. The molecule has 5 nitrogen and oxygen atoms in total. The van der Waals surface area contributed by atoms with Crippen LogP contribution in [0.15, 0.2) is 53.4 Å². The lowest BCUT2D eigenvalue weighted by Gasteiger charge is -2.31. The van der Waals surface area contributed by atoms with Crippen molar-refractivity contribution in [3.8, 4) is 11.5 Å². The molecule has 0 spiro atoms. The first-order valence-electron chi connectivity index (χ1n) is 8.37. The molecule has 0 radical (unpaired) electrons. The molecular formula is C19H23NO4S. The van der Waals surface area contributed by atoms with Crippen molar-refractivity contribution < 1.29 is 17.9 Å². The van der Waals surface area contributed by atoms with Crippen molar-refractivity contribution in [3.05, 3.63) is 54.1 Å². The van der Waals surface area contributed by atoms with Crippen LogP contribution in [0.3, 0.4) is 0 Å². The van der Waals surface area contributed by atoms with E-state index in [1.165, 1.54) is 0 Å². The van der Waals surface area contributed by atoms with Gasteiger partial charge < -0.3 is 9.47 Å². The maximum Gasteiger partial charge on any atom is 0.243 e. The van der Waals surface area contributed by atoms with Gasteiger partial charge in [0.15, 0.2) is 11.5 Å². The fourth-order valence-corrected chi connectivity index (χ4v) is 4.42. The summed E-state index contributed by atoms with van der Waals surface area (Å²) in [7, 11) is -1.82. The molecule has 2 aromatic rings. The van der Waals surface area contributed by atoms with Crippen LogP contribution in [0.1, 0.15) is 18.4 Å². The van der Waals surface area contributed by atoms with Crippen LogP contribution in [0, 0.1) is 6.92 Å². The lowest BCUT2D eigenvalue weighted by Crippen LogP contribution is -2.41. The predicted octanol–water partition coefficient (Wildman–Crippen LogP) is 3.24. The highest BCUT2D eigenvalue weighted by molar-refractivity contribution is 7.89. The second kappa shape index (κ2) is 7.45. The standard InChI is InChI=1S/C19H23NO4S/c1-15-7-9-17(10-8-15)25(21,22)20-13-11-16(12-14-20)24-19-6-4-3-5-18(19)23-2/h3-10,16H,11-14H2,1-2H3. The molecule has 1 aliphatic rings. The second-order valence-electron chi connectivity index (χ2n) is 6.19. The van der Waals surface area contributed by atoms with E-state index < -0.39 is 10.0 Å². The van der Waals surface area contributed by atoms with Crippen LogP contribution >= 0.6 is 0 Å². The minimum absolute atomic E-state index is 0.0132. The quantitative estimate of drug-likeness (QED) is 0.820. The molecule has 6 heteroatoms. The van der Waals surface area contributed by atoms with Crippen molar-refractivity contribution >= 4 is 10.0 Å². The zero-order valence-corrected chi connectivity index (χ0v) is 15.3. The Hall–Kier alpha value is -2.05. The van der Waals surface area contributed by atoms with E-state index >= 15 is 0 Å². The van der Waals surface area contributed by atoms with Gasteiger partial charge in [-0.1, -0.05) is 29.8 Å². The number of nitrogens with zero attached hydrogens (tertiary/aromatic N) is 1. The van der Waals surface area contributed by atoms with Crippen LogP contribution in [0.25, 0.3) is 0 Å². The van der Waals surface area contributed by atoms with Gasteiger partial charge in [0.2, 0.25) is 10.0 Å². The summed E-state index contributed by atoms with van der Waals surface area (Å²) in [5.41, 5.74) is 1.04. The number of sulfonamides is 1. The van der Waals surface area contributed by atoms with E-state index in [4.69, 9.17) is 9.47 Å². The molecule has 1 heterocycles. The van der Waals surface area contributed by atoms with E-state index in [1.807, 2.05) is 43.3 Å². The summed E-state index contributed by atoms with van der Waals surface area (Å²) >= 11 is 0. The van der Waals surface area contributed by atoms with E-state index in [2.05, 4.69) is 0 Å². The molecule has 0 saturated carbocycles. The van der Waals surface area contributed by atoms with Crippen LogP contribution in [-0.2, 0) is 10.0 Å². The second-order valence-corrected chi connectivity index (χ2v) is 8.12. The molecule has 134 valence electrons. The topological polar surface area (TPSA) is 55.8 Å². The third kappa shape index (κ3) is 3.96. The molecule has 0 aliphatic carbocycles. The number of aryl methyl sites for hydroxylation is 1. The fourth-order valence-electron chi connectivity index (χ4n) is 2.95. The third-order valence-electron chi connectivity index (χ3n) is 4.42. The van der Waals surface area contributed by atoms with Crippen molar-refractivity contribution in [2.45, 2.75) is 30.8 Å². The van der Waals surface area contributed by atoms with Gasteiger partial charge in [-0.25, -0.2) is 8.42 Å². The molecular weight excluding hydrogens is 338 g/mol. The van der Waals surface area contributed by atoms with Gasteiger partial charge in [-0.3, -0.25) is 0 Å². The lowest BCUT2D eigenvalue weighted by atomic mass is 10.1. The van der Waals surface area contributed by atoms with Crippen LogP contribution in [-0.4, -0.2) is 39.0 Å². The van der Waals surface area contributed by atoms with Crippen molar-refractivity contribution in [1.29, 1.82) is 0 Å². The first-order chi connectivity index (χ1) is 12.0. The Kier molecular flexibility index (Phi) is 5.30. The summed E-state index contributed by atoms with van der Waals surface area (Å²) < 4.78 is 38.3. The molecule has 0 bridgehead atoms. The fraction of sp³-hybridized carbons (Fsp3) is 0.368. The highest BCUT2D eigenvalue weighted by Gasteiger charge is 2.30. The summed E-state index contributed by atoms with van der Waals surface area (Å²) in [4.78, 5) is 0.349. The number of hydrogen-bond donors (Lipinski definition) is 0. The smallest absolute Gasteiger partial charge is 0.243 e. The molecule has 2 aromatic carbocycles. The maximum absolute atomic E-state index is 12.7. The SMILES string of the molecule is COc1ccccc1OC1CCN(S(=O)(=O)c2ccc(C)cc2)CC1. The van der Waals surface area contributed by atoms with Gasteiger partial charge in [-0.15, -0.1) is 0 Å². The Bertz CT molecular complexity index is 810. The van der Waals surface area contributed by atoms with Crippen molar-refractivity contribution in [3.63, 3.8) is 0 Å². The normalized spacial score (nSPS) is 16.6. The van der Waals surface area contributed by atoms with Gasteiger partial charge in [0, 0.05) is 13.1 Å². The zero-order chi connectivity index (χ0) is 17.9. The number of methoxy groups -OCH3 is 1. The minimum Gasteiger partial charge on any atom is -0.493 e. The van der Waals surface area contributed by atoms with E-state index in [1.54, 1.807) is 23.5 Å². The third-order valence-corrected chi connectivity index (χ3v) is 6.34. The molecule has 0 atom stereocenters. The maximum atomic E-state index is 12.7. The van der Waals surface area contributed by atoms with Crippen molar-refractivity contribution in [1.82, 2.24) is 4.31 Å². The summed E-state index contributed by atoms with van der Waals surface area (Å²) in [6, 6.07) is 14.5. The van der Waals surface area contributed by atoms with E-state index in [0.717, 1.165) is 5.56 Å². The van der Waals surface area contributed by atoms with E-state index in [9.17, 15) is 8.42 Å². The minimum atomic E-state index is -3.43. The molecule has 1 saturated heterocycles. The van der Waals surface area contributed by atoms with E-state index in [0.29, 0.717) is 42.3 Å². The first-order valence-corrected chi connectivity index (χ1v) is 9.81. The number of para-hydroxylation sites is 2. The average molecular weight is 361 g/mol. The largest absolute Gasteiger partial charge is 0.493 e. The first kappa shape index (κ1) is 17.8. The van der Waals surface area contributed by atoms with Crippen LogP contribution in [0.5, 0.6) is 11.5 Å². The number of ether oxygens (including phenoxy) is 2. The van der Waals surface area contributed by atoms with Crippen LogP contribution in [0.4, 0.5) is 0 Å². The van der Waals surface area contributed by atoms with Crippen LogP contribution in [0.2, 0.25) is 0 Å². The van der Waals surface area contributed by atoms with Crippen molar-refractivity contribution in [2.24, 2.45) is 0 Å². The zero-order valence-electron chi connectivity index (χ0n) is 14.5. The molecule has 0 N–H and O–H groups in total. The van der Waals surface area contributed by atoms with Gasteiger partial charge in [-0.2, -0.15) is 4.31 Å². The molecule has 0 aromatic heterocycles. The molecule has 3 rings (SSSR count). The molecule has 1 aliphatic heterocycles. The summed E-state index contributed by atoms with van der Waals surface area (Å²) in [6.07, 6.45) is 1.30. The Morgan fingerprint density at radius 2 is 1.56 bits per heavy atom.